The summed E-state index contributed by atoms with van der Waals surface area (Å²) in [6.45, 7) is 1.40. The first-order chi connectivity index (χ1) is 16.1. The lowest BCUT2D eigenvalue weighted by Gasteiger charge is -2.26. The Labute approximate surface area is 192 Å². The predicted octanol–water partition coefficient (Wildman–Crippen LogP) is 3.72. The van der Waals surface area contributed by atoms with Gasteiger partial charge in [-0.2, -0.15) is 0 Å². The Morgan fingerprint density at radius 1 is 1.09 bits per heavy atom. The number of carbonyl (C=O) groups is 2. The van der Waals surface area contributed by atoms with Crippen LogP contribution in [-0.2, 0) is 17.8 Å². The number of benzene rings is 1. The number of hydrogen-bond acceptors (Lipinski definition) is 5. The topological polar surface area (TPSA) is 87.2 Å². The van der Waals surface area contributed by atoms with E-state index in [2.05, 4.69) is 20.6 Å². The molecule has 2 aromatic heterocycles. The summed E-state index contributed by atoms with van der Waals surface area (Å²) in [5.41, 5.74) is 2.11. The highest BCUT2D eigenvalue weighted by molar-refractivity contribution is 6.00. The molecule has 2 amide bonds. The second kappa shape index (κ2) is 10.7. The minimum Gasteiger partial charge on any atom is -0.369 e. The molecule has 7 nitrogen and oxygen atoms in total. The van der Waals surface area contributed by atoms with Gasteiger partial charge in [0.05, 0.1) is 5.56 Å². The summed E-state index contributed by atoms with van der Waals surface area (Å²) < 4.78 is 13.5. The smallest absolute Gasteiger partial charge is 0.255 e. The van der Waals surface area contributed by atoms with Crippen LogP contribution in [-0.4, -0.2) is 34.9 Å². The SMILES string of the molecule is O=C(NCc1cccnc1)c1ccc(N2CCCCC2=O)nc1NCCc1cccc(F)c1. The molecule has 0 aliphatic carbocycles. The average Bonchev–Trinajstić information content (AvgIpc) is 2.83. The predicted molar refractivity (Wildman–Crippen MR) is 124 cm³/mol. The van der Waals surface area contributed by atoms with Crippen molar-refractivity contribution in [2.45, 2.75) is 32.2 Å². The van der Waals surface area contributed by atoms with Gasteiger partial charge in [-0.3, -0.25) is 19.5 Å². The Bertz CT molecular complexity index is 1120. The number of piperidine rings is 1. The number of pyridine rings is 2. The maximum absolute atomic E-state index is 13.5. The molecule has 2 N–H and O–H groups in total. The first-order valence-corrected chi connectivity index (χ1v) is 11.1. The molecule has 1 saturated heterocycles. The fourth-order valence-corrected chi connectivity index (χ4v) is 3.76. The van der Waals surface area contributed by atoms with Crippen molar-refractivity contribution < 1.29 is 14.0 Å². The van der Waals surface area contributed by atoms with Crippen LogP contribution in [0, 0.1) is 5.82 Å². The molecule has 0 spiro atoms. The van der Waals surface area contributed by atoms with Crippen molar-refractivity contribution in [1.82, 2.24) is 15.3 Å². The lowest BCUT2D eigenvalue weighted by atomic mass is 10.1. The lowest BCUT2D eigenvalue weighted by molar-refractivity contribution is -0.119. The molecule has 0 saturated carbocycles. The molecular formula is C25H26FN5O2. The van der Waals surface area contributed by atoms with Gasteiger partial charge in [0.25, 0.3) is 5.91 Å². The first kappa shape index (κ1) is 22.4. The van der Waals surface area contributed by atoms with Crippen molar-refractivity contribution in [2.24, 2.45) is 0 Å². The van der Waals surface area contributed by atoms with E-state index in [0.717, 1.165) is 24.0 Å². The Kier molecular flexibility index (Phi) is 7.24. The number of anilines is 2. The summed E-state index contributed by atoms with van der Waals surface area (Å²) in [6.07, 6.45) is 6.23. The fraction of sp³-hybridized carbons (Fsp3) is 0.280. The molecule has 1 fully saturated rings. The normalized spacial score (nSPS) is 13.6. The number of halogens is 1. The van der Waals surface area contributed by atoms with Crippen LogP contribution in [0.1, 0.15) is 40.7 Å². The molecule has 1 aliphatic rings. The summed E-state index contributed by atoms with van der Waals surface area (Å²) >= 11 is 0. The maximum Gasteiger partial charge on any atom is 0.255 e. The monoisotopic (exact) mass is 447 g/mol. The molecule has 3 aromatic rings. The van der Waals surface area contributed by atoms with Crippen LogP contribution in [0.3, 0.4) is 0 Å². The summed E-state index contributed by atoms with van der Waals surface area (Å²) in [7, 11) is 0. The summed E-state index contributed by atoms with van der Waals surface area (Å²) in [4.78, 5) is 35.6. The van der Waals surface area contributed by atoms with Gasteiger partial charge in [0.2, 0.25) is 5.91 Å². The fourth-order valence-electron chi connectivity index (χ4n) is 3.76. The second-order valence-corrected chi connectivity index (χ2v) is 7.92. The summed E-state index contributed by atoms with van der Waals surface area (Å²) in [5, 5.41) is 6.10. The van der Waals surface area contributed by atoms with Crippen molar-refractivity contribution >= 4 is 23.5 Å². The van der Waals surface area contributed by atoms with Crippen LogP contribution >= 0.6 is 0 Å². The van der Waals surface area contributed by atoms with Crippen molar-refractivity contribution in [2.75, 3.05) is 23.3 Å². The quantitative estimate of drug-likeness (QED) is 0.550. The van der Waals surface area contributed by atoms with Crippen LogP contribution in [0.15, 0.2) is 60.9 Å². The zero-order chi connectivity index (χ0) is 23.0. The van der Waals surface area contributed by atoms with Crippen molar-refractivity contribution in [3.05, 3.63) is 83.4 Å². The van der Waals surface area contributed by atoms with Crippen LogP contribution in [0.2, 0.25) is 0 Å². The van der Waals surface area contributed by atoms with E-state index in [1.807, 2.05) is 18.2 Å². The highest BCUT2D eigenvalue weighted by Crippen LogP contribution is 2.23. The lowest BCUT2D eigenvalue weighted by Crippen LogP contribution is -2.36. The standard InChI is InChI=1S/C25H26FN5O2/c26-20-7-3-5-18(15-20)11-13-28-24-21(25(33)29-17-19-6-4-12-27-16-19)9-10-22(30-24)31-14-2-1-8-23(31)32/h3-7,9-10,12,15-16H,1-2,8,11,13-14,17H2,(H,28,30)(H,29,33). The third-order valence-electron chi connectivity index (χ3n) is 5.50. The molecule has 1 aromatic carbocycles. The number of nitrogens with zero attached hydrogens (tertiary/aromatic N) is 3. The van der Waals surface area contributed by atoms with Crippen LogP contribution in [0.4, 0.5) is 16.0 Å². The van der Waals surface area contributed by atoms with Crippen LogP contribution < -0.4 is 15.5 Å². The van der Waals surface area contributed by atoms with Gasteiger partial charge >= 0.3 is 0 Å². The molecule has 0 atom stereocenters. The van der Waals surface area contributed by atoms with Gasteiger partial charge in [0, 0.05) is 38.4 Å². The van der Waals surface area contributed by atoms with Gasteiger partial charge in [-0.05, 0) is 60.7 Å². The highest BCUT2D eigenvalue weighted by atomic mass is 19.1. The Balaban J connectivity index is 1.51. The van der Waals surface area contributed by atoms with Gasteiger partial charge in [-0.25, -0.2) is 9.37 Å². The number of carbonyl (C=O) groups excluding carboxylic acids is 2. The van der Waals surface area contributed by atoms with Crippen LogP contribution in [0.5, 0.6) is 0 Å². The number of hydrogen-bond donors (Lipinski definition) is 2. The second-order valence-electron chi connectivity index (χ2n) is 7.92. The van der Waals surface area contributed by atoms with Gasteiger partial charge in [0.15, 0.2) is 0 Å². The van der Waals surface area contributed by atoms with E-state index in [9.17, 15) is 14.0 Å². The Morgan fingerprint density at radius 2 is 1.97 bits per heavy atom. The zero-order valence-corrected chi connectivity index (χ0v) is 18.3. The molecule has 1 aliphatic heterocycles. The van der Waals surface area contributed by atoms with E-state index in [4.69, 9.17) is 0 Å². The Morgan fingerprint density at radius 3 is 2.76 bits per heavy atom. The van der Waals surface area contributed by atoms with E-state index in [1.54, 1.807) is 35.5 Å². The third-order valence-corrected chi connectivity index (χ3v) is 5.50. The van der Waals surface area contributed by atoms with E-state index in [0.29, 0.717) is 49.7 Å². The molecule has 3 heterocycles. The minimum absolute atomic E-state index is 0.0354. The first-order valence-electron chi connectivity index (χ1n) is 11.1. The molecule has 8 heteroatoms. The average molecular weight is 448 g/mol. The van der Waals surface area contributed by atoms with Gasteiger partial charge < -0.3 is 10.6 Å². The maximum atomic E-state index is 13.5. The highest BCUT2D eigenvalue weighted by Gasteiger charge is 2.22. The van der Waals surface area contributed by atoms with Gasteiger partial charge in [-0.15, -0.1) is 0 Å². The Hall–Kier alpha value is -3.81. The van der Waals surface area contributed by atoms with E-state index < -0.39 is 0 Å². The number of rotatable bonds is 8. The van der Waals surface area contributed by atoms with Gasteiger partial charge in [-0.1, -0.05) is 18.2 Å². The number of aromatic nitrogens is 2. The molecular weight excluding hydrogens is 421 g/mol. The molecule has 0 radical (unpaired) electrons. The largest absolute Gasteiger partial charge is 0.369 e. The molecule has 33 heavy (non-hydrogen) atoms. The number of nitrogens with one attached hydrogen (secondary N) is 2. The summed E-state index contributed by atoms with van der Waals surface area (Å²) in [6, 6.07) is 13.5. The molecule has 4 rings (SSSR count). The van der Waals surface area contributed by atoms with E-state index >= 15 is 0 Å². The third kappa shape index (κ3) is 5.91. The van der Waals surface area contributed by atoms with E-state index in [-0.39, 0.29) is 17.6 Å². The molecule has 0 unspecified atom stereocenters. The van der Waals surface area contributed by atoms with Gasteiger partial charge in [0.1, 0.15) is 17.5 Å². The van der Waals surface area contributed by atoms with Crippen molar-refractivity contribution in [3.63, 3.8) is 0 Å². The summed E-state index contributed by atoms with van der Waals surface area (Å²) in [5.74, 6) is 0.388. The zero-order valence-electron chi connectivity index (χ0n) is 18.3. The number of amides is 2. The van der Waals surface area contributed by atoms with Crippen molar-refractivity contribution in [3.8, 4) is 0 Å². The van der Waals surface area contributed by atoms with Crippen LogP contribution in [0.25, 0.3) is 0 Å². The van der Waals surface area contributed by atoms with E-state index in [1.165, 1.54) is 12.1 Å². The van der Waals surface area contributed by atoms with Crippen molar-refractivity contribution in [1.29, 1.82) is 0 Å². The molecule has 170 valence electrons. The molecule has 0 bridgehead atoms. The minimum atomic E-state index is -0.285.